The molecule has 6 heteroatoms. The van der Waals surface area contributed by atoms with Gasteiger partial charge in [0.2, 0.25) is 0 Å². The number of anilines is 1. The molecule has 1 amide bonds. The summed E-state index contributed by atoms with van der Waals surface area (Å²) >= 11 is 5.79. The number of rotatable bonds is 4. The van der Waals surface area contributed by atoms with Crippen molar-refractivity contribution in [3.05, 3.63) is 65.6 Å². The molecule has 0 aliphatic carbocycles. The van der Waals surface area contributed by atoms with Gasteiger partial charge in [-0.25, -0.2) is 4.39 Å². The molecule has 0 unspecified atom stereocenters. The monoisotopic (exact) mass is 407 g/mol. The van der Waals surface area contributed by atoms with E-state index < -0.39 is 0 Å². The molecule has 2 atom stereocenters. The van der Waals surface area contributed by atoms with Crippen LogP contribution in [0.15, 0.2) is 48.5 Å². The summed E-state index contributed by atoms with van der Waals surface area (Å²) < 4.78 is 13.4. The lowest BCUT2D eigenvalue weighted by molar-refractivity contribution is -0.120. The van der Waals surface area contributed by atoms with Crippen molar-refractivity contribution in [1.82, 2.24) is 9.88 Å². The number of nitrogens with one attached hydrogen (secondary N) is 1. The molecule has 0 radical (unpaired) electrons. The van der Waals surface area contributed by atoms with Crippen molar-refractivity contribution in [2.24, 2.45) is 0 Å². The highest BCUT2D eigenvalue weighted by atomic mass is 32.1. The molecule has 1 fully saturated rings. The first kappa shape index (κ1) is 18.3. The SMILES string of the molecule is CCCC[C@@H]1c2[nH]c3ccccc3c2C[C@H]2C(=O)N(c3ccc(F)cc3)C(=S)N12. The van der Waals surface area contributed by atoms with E-state index in [1.165, 1.54) is 28.8 Å². The van der Waals surface area contributed by atoms with Crippen LogP contribution < -0.4 is 4.90 Å². The molecule has 3 heterocycles. The van der Waals surface area contributed by atoms with E-state index >= 15 is 0 Å². The molecular formula is C23H22FN3OS. The molecule has 1 saturated heterocycles. The van der Waals surface area contributed by atoms with E-state index in [4.69, 9.17) is 12.2 Å². The molecule has 2 aromatic carbocycles. The van der Waals surface area contributed by atoms with Crippen LogP contribution in [-0.2, 0) is 11.2 Å². The van der Waals surface area contributed by atoms with Crippen molar-refractivity contribution in [2.45, 2.75) is 44.7 Å². The van der Waals surface area contributed by atoms with Gasteiger partial charge in [-0.15, -0.1) is 0 Å². The highest BCUT2D eigenvalue weighted by molar-refractivity contribution is 7.80. The maximum Gasteiger partial charge on any atom is 0.256 e. The second-order valence-electron chi connectivity index (χ2n) is 7.78. The highest BCUT2D eigenvalue weighted by Gasteiger charge is 2.50. The summed E-state index contributed by atoms with van der Waals surface area (Å²) in [4.78, 5) is 20.7. The number of carbonyl (C=O) groups is 1. The van der Waals surface area contributed by atoms with Gasteiger partial charge >= 0.3 is 0 Å². The number of aromatic nitrogens is 1. The van der Waals surface area contributed by atoms with E-state index in [-0.39, 0.29) is 23.8 Å². The van der Waals surface area contributed by atoms with Crippen molar-refractivity contribution >= 4 is 39.8 Å². The van der Waals surface area contributed by atoms with E-state index in [9.17, 15) is 9.18 Å². The Hall–Kier alpha value is -2.73. The Labute approximate surface area is 174 Å². The lowest BCUT2D eigenvalue weighted by Crippen LogP contribution is -2.43. The van der Waals surface area contributed by atoms with Crippen LogP contribution in [0.3, 0.4) is 0 Å². The Morgan fingerprint density at radius 3 is 2.69 bits per heavy atom. The summed E-state index contributed by atoms with van der Waals surface area (Å²) in [5, 5.41) is 1.69. The van der Waals surface area contributed by atoms with Gasteiger partial charge in [-0.1, -0.05) is 38.0 Å². The Morgan fingerprint density at radius 1 is 1.17 bits per heavy atom. The lowest BCUT2D eigenvalue weighted by atomic mass is 9.90. The average molecular weight is 408 g/mol. The summed E-state index contributed by atoms with van der Waals surface area (Å²) in [7, 11) is 0. The number of hydrogen-bond acceptors (Lipinski definition) is 2. The van der Waals surface area contributed by atoms with Crippen LogP contribution in [0.2, 0.25) is 0 Å². The molecule has 3 aromatic rings. The summed E-state index contributed by atoms with van der Waals surface area (Å²) in [5.74, 6) is -0.356. The fourth-order valence-electron chi connectivity index (χ4n) is 4.71. The summed E-state index contributed by atoms with van der Waals surface area (Å²) in [6.07, 6.45) is 3.68. The Balaban J connectivity index is 1.61. The van der Waals surface area contributed by atoms with Crippen molar-refractivity contribution in [1.29, 1.82) is 0 Å². The lowest BCUT2D eigenvalue weighted by Gasteiger charge is -2.37. The molecule has 1 aromatic heterocycles. The topological polar surface area (TPSA) is 39.3 Å². The molecule has 148 valence electrons. The van der Waals surface area contributed by atoms with Crippen LogP contribution in [-0.4, -0.2) is 26.9 Å². The minimum Gasteiger partial charge on any atom is -0.356 e. The number of halogens is 1. The van der Waals surface area contributed by atoms with Crippen LogP contribution in [0.1, 0.15) is 43.5 Å². The largest absolute Gasteiger partial charge is 0.356 e. The smallest absolute Gasteiger partial charge is 0.256 e. The Bertz CT molecular complexity index is 1110. The Morgan fingerprint density at radius 2 is 1.93 bits per heavy atom. The fourth-order valence-corrected chi connectivity index (χ4v) is 5.16. The third-order valence-corrected chi connectivity index (χ3v) is 6.48. The number of benzene rings is 2. The standard InChI is InChI=1S/C23H22FN3OS/c1-2-3-8-19-21-17(16-6-4-5-7-18(16)25-21)13-20-22(28)26(23(29)27(19)20)15-11-9-14(24)10-12-15/h4-7,9-12,19-20,25H,2-3,8,13H2,1H3/t19-,20+/m1/s1. The molecule has 5 rings (SSSR count). The van der Waals surface area contributed by atoms with Crippen LogP contribution in [0.25, 0.3) is 10.9 Å². The van der Waals surface area contributed by atoms with Gasteiger partial charge in [0, 0.05) is 23.0 Å². The van der Waals surface area contributed by atoms with E-state index in [1.807, 2.05) is 12.1 Å². The van der Waals surface area contributed by atoms with E-state index in [0.29, 0.717) is 17.2 Å². The minimum absolute atomic E-state index is 0.0287. The van der Waals surface area contributed by atoms with Crippen LogP contribution in [0.5, 0.6) is 0 Å². The van der Waals surface area contributed by atoms with Gasteiger partial charge < -0.3 is 9.88 Å². The number of nitrogens with zero attached hydrogens (tertiary/aromatic N) is 2. The van der Waals surface area contributed by atoms with Crippen molar-refractivity contribution < 1.29 is 9.18 Å². The first-order valence-electron chi connectivity index (χ1n) is 10.1. The fraction of sp³-hybridized carbons (Fsp3) is 0.304. The zero-order valence-electron chi connectivity index (χ0n) is 16.2. The van der Waals surface area contributed by atoms with Crippen molar-refractivity contribution in [2.75, 3.05) is 4.90 Å². The molecular weight excluding hydrogens is 385 g/mol. The average Bonchev–Trinajstić information content (AvgIpc) is 3.22. The van der Waals surface area contributed by atoms with Gasteiger partial charge in [-0.2, -0.15) is 0 Å². The van der Waals surface area contributed by atoms with Gasteiger partial charge in [0.1, 0.15) is 11.9 Å². The van der Waals surface area contributed by atoms with Gasteiger partial charge in [-0.3, -0.25) is 9.69 Å². The number of H-pyrrole nitrogens is 1. The first-order valence-corrected chi connectivity index (χ1v) is 10.5. The van der Waals surface area contributed by atoms with E-state index in [2.05, 4.69) is 28.9 Å². The summed E-state index contributed by atoms with van der Waals surface area (Å²) in [6, 6.07) is 14.0. The van der Waals surface area contributed by atoms with Crippen molar-refractivity contribution in [3.63, 3.8) is 0 Å². The number of fused-ring (bicyclic) bond motifs is 4. The molecule has 2 aliphatic heterocycles. The van der Waals surface area contributed by atoms with Crippen molar-refractivity contribution in [3.8, 4) is 0 Å². The van der Waals surface area contributed by atoms with Gasteiger partial charge in [0.15, 0.2) is 5.11 Å². The zero-order chi connectivity index (χ0) is 20.1. The molecule has 0 spiro atoms. The summed E-state index contributed by atoms with van der Waals surface area (Å²) in [6.45, 7) is 2.17. The predicted molar refractivity (Wildman–Crippen MR) is 116 cm³/mol. The number of aromatic amines is 1. The number of para-hydroxylation sites is 1. The second-order valence-corrected chi connectivity index (χ2v) is 8.15. The third-order valence-electron chi connectivity index (χ3n) is 6.08. The maximum absolute atomic E-state index is 13.4. The molecule has 29 heavy (non-hydrogen) atoms. The number of amides is 1. The molecule has 2 aliphatic rings. The normalized spacial score (nSPS) is 21.0. The summed E-state index contributed by atoms with van der Waals surface area (Å²) in [5.41, 5.74) is 4.12. The molecule has 0 saturated carbocycles. The number of thiocarbonyl (C=S) groups is 1. The number of hydrogen-bond donors (Lipinski definition) is 1. The molecule has 0 bridgehead atoms. The highest BCUT2D eigenvalue weighted by Crippen LogP contribution is 2.44. The quantitative estimate of drug-likeness (QED) is 0.612. The first-order chi connectivity index (χ1) is 14.1. The maximum atomic E-state index is 13.4. The van der Waals surface area contributed by atoms with E-state index in [0.717, 1.165) is 24.8 Å². The third kappa shape index (κ3) is 2.77. The van der Waals surface area contributed by atoms with Crippen LogP contribution in [0, 0.1) is 5.82 Å². The Kier molecular flexibility index (Phi) is 4.39. The number of carbonyl (C=O) groups excluding carboxylic acids is 1. The molecule has 4 nitrogen and oxygen atoms in total. The van der Waals surface area contributed by atoms with E-state index in [1.54, 1.807) is 17.0 Å². The van der Waals surface area contributed by atoms with Crippen LogP contribution in [0.4, 0.5) is 10.1 Å². The molecule has 1 N–H and O–H groups in total. The minimum atomic E-state index is -0.327. The number of unbranched alkanes of at least 4 members (excludes halogenated alkanes) is 1. The zero-order valence-corrected chi connectivity index (χ0v) is 17.0. The van der Waals surface area contributed by atoms with Gasteiger partial charge in [-0.05, 0) is 54.5 Å². The van der Waals surface area contributed by atoms with Gasteiger partial charge in [0.05, 0.1) is 11.7 Å². The van der Waals surface area contributed by atoms with Gasteiger partial charge in [0.25, 0.3) is 5.91 Å². The second kappa shape index (κ2) is 6.95. The van der Waals surface area contributed by atoms with Crippen LogP contribution >= 0.6 is 12.2 Å². The predicted octanol–water partition coefficient (Wildman–Crippen LogP) is 5.10.